The first-order valence-electron chi connectivity index (χ1n) is 7.57. The molecule has 25 heavy (non-hydrogen) atoms. The van der Waals surface area contributed by atoms with Crippen molar-refractivity contribution in [3.63, 3.8) is 0 Å². The summed E-state index contributed by atoms with van der Waals surface area (Å²) in [6, 6.07) is 6.80. The fourth-order valence-electron chi connectivity index (χ4n) is 2.58. The van der Waals surface area contributed by atoms with Crippen molar-refractivity contribution in [2.45, 2.75) is 31.5 Å². The van der Waals surface area contributed by atoms with Crippen molar-refractivity contribution in [3.8, 4) is 5.75 Å². The molecule has 0 radical (unpaired) electrons. The molecule has 0 bridgehead atoms. The van der Waals surface area contributed by atoms with Crippen molar-refractivity contribution in [1.29, 1.82) is 0 Å². The molecular formula is C16H15BrF3N3O2. The number of methoxy groups -OCH3 is 1. The maximum Gasteiger partial charge on any atom is 0.436 e. The van der Waals surface area contributed by atoms with Crippen LogP contribution in [0.1, 0.15) is 30.1 Å². The molecule has 1 amide bonds. The number of hydrogen-bond acceptors (Lipinski definition) is 3. The number of amides is 1. The third-order valence-corrected chi connectivity index (χ3v) is 4.62. The van der Waals surface area contributed by atoms with Gasteiger partial charge < -0.3 is 10.1 Å². The van der Waals surface area contributed by atoms with E-state index in [-0.39, 0.29) is 16.9 Å². The number of benzene rings is 1. The Morgan fingerprint density at radius 2 is 2.08 bits per heavy atom. The van der Waals surface area contributed by atoms with Crippen molar-refractivity contribution >= 4 is 27.5 Å². The Labute approximate surface area is 150 Å². The fourth-order valence-corrected chi connectivity index (χ4v) is 3.41. The van der Waals surface area contributed by atoms with Gasteiger partial charge in [0.1, 0.15) is 12.3 Å². The van der Waals surface area contributed by atoms with Crippen LogP contribution in [0.5, 0.6) is 5.75 Å². The minimum Gasteiger partial charge on any atom is -0.495 e. The van der Waals surface area contributed by atoms with Crippen LogP contribution in [0.15, 0.2) is 28.7 Å². The second kappa shape index (κ2) is 6.70. The van der Waals surface area contributed by atoms with Gasteiger partial charge in [0.25, 0.3) is 0 Å². The number of para-hydroxylation sites is 2. The molecule has 1 aromatic carbocycles. The van der Waals surface area contributed by atoms with Crippen LogP contribution >= 0.6 is 15.9 Å². The zero-order valence-corrected chi connectivity index (χ0v) is 14.8. The zero-order chi connectivity index (χ0) is 18.2. The first-order chi connectivity index (χ1) is 11.8. The van der Waals surface area contributed by atoms with Gasteiger partial charge in [-0.1, -0.05) is 12.1 Å². The van der Waals surface area contributed by atoms with Gasteiger partial charge >= 0.3 is 6.18 Å². The van der Waals surface area contributed by atoms with E-state index in [1.807, 2.05) is 0 Å². The molecule has 9 heteroatoms. The first-order valence-corrected chi connectivity index (χ1v) is 8.36. The summed E-state index contributed by atoms with van der Waals surface area (Å²) in [5, 5.41) is 6.26. The van der Waals surface area contributed by atoms with E-state index < -0.39 is 17.8 Å². The maximum absolute atomic E-state index is 13.1. The largest absolute Gasteiger partial charge is 0.495 e. The van der Waals surface area contributed by atoms with Gasteiger partial charge in [0.15, 0.2) is 5.69 Å². The Morgan fingerprint density at radius 1 is 1.40 bits per heavy atom. The Balaban J connectivity index is 1.84. The Bertz CT molecular complexity index is 800. The average molecular weight is 418 g/mol. The standard InChI is InChI=1S/C16H15BrF3N3O2/c1-25-11-5-3-2-4-10(11)21-12(24)8-23-14(9-6-7-9)13(17)15(22-23)16(18,19)20/h2-5,9H,6-8H2,1H3,(H,21,24). The summed E-state index contributed by atoms with van der Waals surface area (Å²) in [5.41, 5.74) is -0.132. The van der Waals surface area contributed by atoms with E-state index >= 15 is 0 Å². The molecular weight excluding hydrogens is 403 g/mol. The molecule has 1 saturated carbocycles. The van der Waals surface area contributed by atoms with Crippen molar-refractivity contribution in [3.05, 3.63) is 40.1 Å². The molecule has 5 nitrogen and oxygen atoms in total. The average Bonchev–Trinajstić information content (AvgIpc) is 3.31. The highest BCUT2D eigenvalue weighted by Gasteiger charge is 2.41. The molecule has 1 heterocycles. The van der Waals surface area contributed by atoms with Gasteiger partial charge in [-0.25, -0.2) is 0 Å². The van der Waals surface area contributed by atoms with Gasteiger partial charge in [-0.15, -0.1) is 0 Å². The van der Waals surface area contributed by atoms with Gasteiger partial charge in [0, 0.05) is 5.92 Å². The number of ether oxygens (including phenoxy) is 1. The number of alkyl halides is 3. The normalized spacial score (nSPS) is 14.4. The lowest BCUT2D eigenvalue weighted by Gasteiger charge is -2.11. The van der Waals surface area contributed by atoms with Gasteiger partial charge in [0.05, 0.1) is 23.0 Å². The highest BCUT2D eigenvalue weighted by molar-refractivity contribution is 9.10. The van der Waals surface area contributed by atoms with E-state index in [0.29, 0.717) is 17.1 Å². The summed E-state index contributed by atoms with van der Waals surface area (Å²) in [6.45, 7) is -0.307. The van der Waals surface area contributed by atoms with E-state index in [1.54, 1.807) is 24.3 Å². The molecule has 1 fully saturated rings. The zero-order valence-electron chi connectivity index (χ0n) is 13.2. The first kappa shape index (κ1) is 17.8. The Morgan fingerprint density at radius 3 is 2.68 bits per heavy atom. The van der Waals surface area contributed by atoms with Crippen LogP contribution in [-0.2, 0) is 17.5 Å². The van der Waals surface area contributed by atoms with Crippen molar-refractivity contribution < 1.29 is 22.7 Å². The van der Waals surface area contributed by atoms with Crippen molar-refractivity contribution in [1.82, 2.24) is 9.78 Å². The third-order valence-electron chi connectivity index (χ3n) is 3.84. The maximum atomic E-state index is 13.1. The number of hydrogen-bond donors (Lipinski definition) is 1. The molecule has 134 valence electrons. The second-order valence-electron chi connectivity index (χ2n) is 5.73. The number of carbonyl (C=O) groups is 1. The number of halogens is 4. The van der Waals surface area contributed by atoms with Crippen molar-refractivity contribution in [2.24, 2.45) is 0 Å². The Hall–Kier alpha value is -2.03. The number of rotatable bonds is 5. The number of carbonyl (C=O) groups excluding carboxylic acids is 1. The minimum absolute atomic E-state index is 0.00274. The molecule has 2 aromatic rings. The van der Waals surface area contributed by atoms with E-state index in [9.17, 15) is 18.0 Å². The lowest BCUT2D eigenvalue weighted by Crippen LogP contribution is -2.21. The topological polar surface area (TPSA) is 56.1 Å². The molecule has 0 unspecified atom stereocenters. The number of anilines is 1. The van der Waals surface area contributed by atoms with Crippen LogP contribution in [0, 0.1) is 0 Å². The van der Waals surface area contributed by atoms with Crippen LogP contribution in [0.2, 0.25) is 0 Å². The van der Waals surface area contributed by atoms with Crippen molar-refractivity contribution in [2.75, 3.05) is 12.4 Å². The molecule has 0 atom stereocenters. The molecule has 0 aliphatic heterocycles. The predicted molar refractivity (Wildman–Crippen MR) is 88.5 cm³/mol. The smallest absolute Gasteiger partial charge is 0.436 e. The van der Waals surface area contributed by atoms with E-state index in [1.165, 1.54) is 7.11 Å². The molecule has 1 aliphatic carbocycles. The molecule has 1 N–H and O–H groups in total. The van der Waals surface area contributed by atoms with E-state index in [4.69, 9.17) is 4.74 Å². The SMILES string of the molecule is COc1ccccc1NC(=O)Cn1nc(C(F)(F)F)c(Br)c1C1CC1. The van der Waals surface area contributed by atoms with Crippen LogP contribution in [-0.4, -0.2) is 22.8 Å². The third kappa shape index (κ3) is 3.81. The molecule has 1 aliphatic rings. The summed E-state index contributed by atoms with van der Waals surface area (Å²) >= 11 is 3.00. The lowest BCUT2D eigenvalue weighted by molar-refractivity contribution is -0.142. The summed E-state index contributed by atoms with van der Waals surface area (Å²) in [5.74, 6) is -0.0111. The summed E-state index contributed by atoms with van der Waals surface area (Å²) in [4.78, 5) is 12.3. The number of nitrogens with one attached hydrogen (secondary N) is 1. The molecule has 0 spiro atoms. The summed E-state index contributed by atoms with van der Waals surface area (Å²) in [6.07, 6.45) is -3.00. The number of aromatic nitrogens is 2. The minimum atomic E-state index is -4.58. The van der Waals surface area contributed by atoms with Gasteiger partial charge in [-0.2, -0.15) is 18.3 Å². The molecule has 3 rings (SSSR count). The highest BCUT2D eigenvalue weighted by atomic mass is 79.9. The summed E-state index contributed by atoms with van der Waals surface area (Å²) in [7, 11) is 1.47. The van der Waals surface area contributed by atoms with Crippen LogP contribution < -0.4 is 10.1 Å². The van der Waals surface area contributed by atoms with Gasteiger partial charge in [0.2, 0.25) is 5.91 Å². The van der Waals surface area contributed by atoms with E-state index in [2.05, 4.69) is 26.3 Å². The van der Waals surface area contributed by atoms with Crippen LogP contribution in [0.4, 0.5) is 18.9 Å². The second-order valence-corrected chi connectivity index (χ2v) is 6.52. The molecule has 1 aromatic heterocycles. The summed E-state index contributed by atoms with van der Waals surface area (Å²) < 4.78 is 45.5. The van der Waals surface area contributed by atoms with Gasteiger partial charge in [-0.3, -0.25) is 9.48 Å². The monoisotopic (exact) mass is 417 g/mol. The highest BCUT2D eigenvalue weighted by Crippen LogP contribution is 2.46. The number of nitrogens with zero attached hydrogens (tertiary/aromatic N) is 2. The van der Waals surface area contributed by atoms with Gasteiger partial charge in [-0.05, 0) is 40.9 Å². The Kier molecular flexibility index (Phi) is 4.77. The quantitative estimate of drug-likeness (QED) is 0.793. The van der Waals surface area contributed by atoms with Crippen LogP contribution in [0.25, 0.3) is 0 Å². The van der Waals surface area contributed by atoms with Crippen LogP contribution in [0.3, 0.4) is 0 Å². The fraction of sp³-hybridized carbons (Fsp3) is 0.375. The lowest BCUT2D eigenvalue weighted by atomic mass is 10.2. The molecule has 0 saturated heterocycles. The van der Waals surface area contributed by atoms with E-state index in [0.717, 1.165) is 17.5 Å². The predicted octanol–water partition coefficient (Wildman–Crippen LogP) is 4.19.